The lowest BCUT2D eigenvalue weighted by Crippen LogP contribution is -2.25. The molecule has 1 aromatic carbocycles. The van der Waals surface area contributed by atoms with Crippen molar-refractivity contribution >= 4 is 45.6 Å². The molecule has 0 radical (unpaired) electrons. The molecular formula is C12H12Cl2N4OS. The Morgan fingerprint density at radius 2 is 2.15 bits per heavy atom. The molecule has 2 aromatic rings. The highest BCUT2D eigenvalue weighted by Gasteiger charge is 2.10. The van der Waals surface area contributed by atoms with Crippen molar-refractivity contribution in [3.05, 3.63) is 38.8 Å². The normalized spacial score (nSPS) is 10.5. The number of nitrogens with two attached hydrogens (primary N) is 1. The van der Waals surface area contributed by atoms with Gasteiger partial charge < -0.3 is 11.1 Å². The van der Waals surface area contributed by atoms with Crippen LogP contribution in [0.25, 0.3) is 0 Å². The Labute approximate surface area is 130 Å². The Bertz CT molecular complexity index is 617. The van der Waals surface area contributed by atoms with E-state index in [1.807, 2.05) is 0 Å². The summed E-state index contributed by atoms with van der Waals surface area (Å²) in [5.74, 6) is -0.219. The van der Waals surface area contributed by atoms with Crippen LogP contribution in [0.2, 0.25) is 10.0 Å². The summed E-state index contributed by atoms with van der Waals surface area (Å²) in [6.07, 6.45) is 1.48. The molecule has 0 saturated heterocycles. The minimum absolute atomic E-state index is 0.219. The average Bonchev–Trinajstić information content (AvgIpc) is 2.80. The first-order chi connectivity index (χ1) is 9.56. The fourth-order valence-corrected chi connectivity index (χ4v) is 2.72. The molecule has 0 atom stereocenters. The number of nitrogen functional groups attached to an aromatic ring is 1. The highest BCUT2D eigenvalue weighted by molar-refractivity contribution is 7.15. The standard InChI is InChI=1S/C12H12Cl2N4OS/c13-7-3-4-8(9(14)6-7)11(19)16-5-1-2-10-17-18-12(15)20-10/h3-4,6H,1-2,5H2,(H2,15,18)(H,16,19). The van der Waals surface area contributed by atoms with E-state index in [2.05, 4.69) is 15.5 Å². The van der Waals surface area contributed by atoms with Crippen molar-refractivity contribution in [3.8, 4) is 0 Å². The molecule has 2 rings (SSSR count). The van der Waals surface area contributed by atoms with Crippen LogP contribution in [0.5, 0.6) is 0 Å². The first-order valence-electron chi connectivity index (χ1n) is 5.87. The third kappa shape index (κ3) is 4.06. The maximum atomic E-state index is 11.9. The maximum Gasteiger partial charge on any atom is 0.252 e. The molecule has 0 fully saturated rings. The van der Waals surface area contributed by atoms with Gasteiger partial charge in [-0.3, -0.25) is 4.79 Å². The summed E-state index contributed by atoms with van der Waals surface area (Å²) in [4.78, 5) is 11.9. The van der Waals surface area contributed by atoms with Gasteiger partial charge in [0.15, 0.2) is 0 Å². The number of benzene rings is 1. The lowest BCUT2D eigenvalue weighted by atomic mass is 10.2. The fourth-order valence-electron chi connectivity index (χ4n) is 1.58. The maximum absolute atomic E-state index is 11.9. The number of halogens is 2. The second-order valence-electron chi connectivity index (χ2n) is 4.02. The van der Waals surface area contributed by atoms with Gasteiger partial charge in [-0.15, -0.1) is 10.2 Å². The predicted octanol–water partition coefficient (Wildman–Crippen LogP) is 2.79. The summed E-state index contributed by atoms with van der Waals surface area (Å²) >= 11 is 13.1. The molecular weight excluding hydrogens is 319 g/mol. The van der Waals surface area contributed by atoms with Gasteiger partial charge >= 0.3 is 0 Å². The number of aryl methyl sites for hydroxylation is 1. The zero-order valence-corrected chi connectivity index (χ0v) is 12.7. The lowest BCUT2D eigenvalue weighted by Gasteiger charge is -2.06. The molecule has 3 N–H and O–H groups in total. The molecule has 0 aliphatic rings. The number of hydrogen-bond acceptors (Lipinski definition) is 5. The van der Waals surface area contributed by atoms with Crippen LogP contribution in [0.1, 0.15) is 21.8 Å². The molecule has 1 aromatic heterocycles. The van der Waals surface area contributed by atoms with Crippen LogP contribution in [0.4, 0.5) is 5.13 Å². The highest BCUT2D eigenvalue weighted by Crippen LogP contribution is 2.20. The summed E-state index contributed by atoms with van der Waals surface area (Å²) in [6.45, 7) is 0.525. The molecule has 5 nitrogen and oxygen atoms in total. The Balaban J connectivity index is 1.80. The zero-order valence-electron chi connectivity index (χ0n) is 10.4. The highest BCUT2D eigenvalue weighted by atomic mass is 35.5. The molecule has 20 heavy (non-hydrogen) atoms. The molecule has 0 unspecified atom stereocenters. The molecule has 0 spiro atoms. The molecule has 0 aliphatic heterocycles. The van der Waals surface area contributed by atoms with E-state index < -0.39 is 0 Å². The summed E-state index contributed by atoms with van der Waals surface area (Å²) in [6, 6.07) is 4.78. The largest absolute Gasteiger partial charge is 0.374 e. The summed E-state index contributed by atoms with van der Waals surface area (Å²) in [5.41, 5.74) is 5.90. The van der Waals surface area contributed by atoms with Gasteiger partial charge in [0, 0.05) is 18.0 Å². The van der Waals surface area contributed by atoms with Crippen molar-refractivity contribution in [2.24, 2.45) is 0 Å². The quantitative estimate of drug-likeness (QED) is 0.826. The van der Waals surface area contributed by atoms with Gasteiger partial charge in [0.2, 0.25) is 5.13 Å². The lowest BCUT2D eigenvalue weighted by molar-refractivity contribution is 0.0953. The fraction of sp³-hybridized carbons (Fsp3) is 0.250. The zero-order chi connectivity index (χ0) is 14.5. The first kappa shape index (κ1) is 15.0. The van der Waals surface area contributed by atoms with Gasteiger partial charge in [0.05, 0.1) is 10.6 Å². The third-order valence-electron chi connectivity index (χ3n) is 2.51. The number of nitrogens with zero attached hydrogens (tertiary/aromatic N) is 2. The van der Waals surface area contributed by atoms with E-state index in [1.165, 1.54) is 11.3 Å². The van der Waals surface area contributed by atoms with Gasteiger partial charge in [-0.2, -0.15) is 0 Å². The van der Waals surface area contributed by atoms with Crippen molar-refractivity contribution in [1.29, 1.82) is 0 Å². The van der Waals surface area contributed by atoms with E-state index in [1.54, 1.807) is 18.2 Å². The van der Waals surface area contributed by atoms with E-state index in [-0.39, 0.29) is 5.91 Å². The van der Waals surface area contributed by atoms with Gasteiger partial charge in [0.25, 0.3) is 5.91 Å². The number of rotatable bonds is 5. The Morgan fingerprint density at radius 1 is 1.35 bits per heavy atom. The molecule has 1 amide bonds. The van der Waals surface area contributed by atoms with Crippen LogP contribution in [-0.2, 0) is 6.42 Å². The third-order valence-corrected chi connectivity index (χ3v) is 3.87. The average molecular weight is 331 g/mol. The summed E-state index contributed by atoms with van der Waals surface area (Å²) in [7, 11) is 0. The molecule has 1 heterocycles. The SMILES string of the molecule is Nc1nnc(CCCNC(=O)c2ccc(Cl)cc2Cl)s1. The van der Waals surface area contributed by atoms with Crippen LogP contribution in [0, 0.1) is 0 Å². The minimum Gasteiger partial charge on any atom is -0.374 e. The number of anilines is 1. The molecule has 8 heteroatoms. The van der Waals surface area contributed by atoms with Crippen LogP contribution in [-0.4, -0.2) is 22.6 Å². The summed E-state index contributed by atoms with van der Waals surface area (Å²) in [5, 5.41) is 12.6. The number of hydrogen-bond donors (Lipinski definition) is 2. The molecule has 106 valence electrons. The van der Waals surface area contributed by atoms with Crippen molar-refractivity contribution in [2.75, 3.05) is 12.3 Å². The number of carbonyl (C=O) groups is 1. The predicted molar refractivity (Wildman–Crippen MR) is 81.4 cm³/mol. The van der Waals surface area contributed by atoms with E-state index >= 15 is 0 Å². The van der Waals surface area contributed by atoms with Crippen LogP contribution in [0.3, 0.4) is 0 Å². The van der Waals surface area contributed by atoms with Gasteiger partial charge in [0.1, 0.15) is 5.01 Å². The van der Waals surface area contributed by atoms with Crippen LogP contribution < -0.4 is 11.1 Å². The van der Waals surface area contributed by atoms with Crippen LogP contribution in [0.15, 0.2) is 18.2 Å². The molecule has 0 bridgehead atoms. The van der Waals surface area contributed by atoms with Gasteiger partial charge in [-0.05, 0) is 24.6 Å². The van der Waals surface area contributed by atoms with Crippen molar-refractivity contribution in [3.63, 3.8) is 0 Å². The number of carbonyl (C=O) groups excluding carboxylic acids is 1. The molecule has 0 saturated carbocycles. The van der Waals surface area contributed by atoms with Crippen LogP contribution >= 0.6 is 34.5 Å². The van der Waals surface area contributed by atoms with Crippen molar-refractivity contribution in [1.82, 2.24) is 15.5 Å². The first-order valence-corrected chi connectivity index (χ1v) is 7.44. The van der Waals surface area contributed by atoms with Gasteiger partial charge in [-0.1, -0.05) is 34.5 Å². The van der Waals surface area contributed by atoms with E-state index in [0.29, 0.717) is 27.3 Å². The Morgan fingerprint density at radius 3 is 2.80 bits per heavy atom. The topological polar surface area (TPSA) is 80.9 Å². The van der Waals surface area contributed by atoms with E-state index in [4.69, 9.17) is 28.9 Å². The Hall–Kier alpha value is -1.37. The van der Waals surface area contributed by atoms with E-state index in [9.17, 15) is 4.79 Å². The minimum atomic E-state index is -0.219. The second-order valence-corrected chi connectivity index (χ2v) is 5.95. The Kier molecular flexibility index (Phi) is 5.17. The number of aromatic nitrogens is 2. The van der Waals surface area contributed by atoms with Crippen molar-refractivity contribution in [2.45, 2.75) is 12.8 Å². The number of amides is 1. The smallest absolute Gasteiger partial charge is 0.252 e. The second kappa shape index (κ2) is 6.88. The monoisotopic (exact) mass is 330 g/mol. The van der Waals surface area contributed by atoms with E-state index in [0.717, 1.165) is 17.8 Å². The number of nitrogens with one attached hydrogen (secondary N) is 1. The summed E-state index contributed by atoms with van der Waals surface area (Å²) < 4.78 is 0. The van der Waals surface area contributed by atoms with Crippen molar-refractivity contribution < 1.29 is 4.79 Å². The molecule has 0 aliphatic carbocycles. The van der Waals surface area contributed by atoms with Gasteiger partial charge in [-0.25, -0.2) is 0 Å².